The van der Waals surface area contributed by atoms with Crippen molar-refractivity contribution in [3.63, 3.8) is 0 Å². The van der Waals surface area contributed by atoms with Crippen LogP contribution in [0.4, 0.5) is 0 Å². The number of nitrogens with zero attached hydrogens (tertiary/aromatic N) is 3. The Bertz CT molecular complexity index is 672. The average Bonchev–Trinajstić information content (AvgIpc) is 3.00. The van der Waals surface area contributed by atoms with Gasteiger partial charge in [0, 0.05) is 40.3 Å². The summed E-state index contributed by atoms with van der Waals surface area (Å²) in [5.74, 6) is 1.75. The van der Waals surface area contributed by atoms with E-state index in [4.69, 9.17) is 14.2 Å². The van der Waals surface area contributed by atoms with Gasteiger partial charge in [-0.1, -0.05) is 6.07 Å². The molecule has 1 aromatic rings. The number of hydrogen-bond donors (Lipinski definition) is 0. The topological polar surface area (TPSA) is 54.5 Å². The van der Waals surface area contributed by atoms with Gasteiger partial charge in [0.15, 0.2) is 11.5 Å². The summed E-state index contributed by atoms with van der Waals surface area (Å²) >= 11 is 0. The van der Waals surface area contributed by atoms with E-state index in [1.54, 1.807) is 19.0 Å². The smallest absolute Gasteiger partial charge is 0.241 e. The van der Waals surface area contributed by atoms with Crippen molar-refractivity contribution in [2.45, 2.75) is 18.2 Å². The molecular formula is C18H25N3O4. The number of amides is 1. The molecule has 0 N–H and O–H groups in total. The molecule has 1 aromatic carbocycles. The lowest BCUT2D eigenvalue weighted by Crippen LogP contribution is -2.71. The van der Waals surface area contributed by atoms with Crippen molar-refractivity contribution < 1.29 is 19.0 Å². The second-order valence-corrected chi connectivity index (χ2v) is 7.49. The van der Waals surface area contributed by atoms with E-state index in [2.05, 4.69) is 15.9 Å². The summed E-state index contributed by atoms with van der Waals surface area (Å²) in [6.07, 6.45) is 0. The van der Waals surface area contributed by atoms with Gasteiger partial charge in [0.05, 0.1) is 6.61 Å². The molecule has 1 unspecified atom stereocenters. The van der Waals surface area contributed by atoms with Gasteiger partial charge in [0.25, 0.3) is 0 Å². The number of likely N-dealkylation sites (tertiary alicyclic amines) is 1. The van der Waals surface area contributed by atoms with Crippen LogP contribution in [0.15, 0.2) is 18.2 Å². The van der Waals surface area contributed by atoms with Crippen LogP contribution in [0.1, 0.15) is 5.56 Å². The maximum Gasteiger partial charge on any atom is 0.241 e. The van der Waals surface area contributed by atoms with Gasteiger partial charge in [0.1, 0.15) is 11.6 Å². The highest BCUT2D eigenvalue weighted by Gasteiger charge is 2.49. The zero-order valence-corrected chi connectivity index (χ0v) is 15.0. The SMILES string of the molecule is CN(C)C(=O)C1COC2(CN(Cc3ccc4c(c3)OCO4)C2)CN1C. The van der Waals surface area contributed by atoms with E-state index in [1.165, 1.54) is 5.56 Å². The van der Waals surface area contributed by atoms with Crippen molar-refractivity contribution in [1.29, 1.82) is 0 Å². The highest BCUT2D eigenvalue weighted by atomic mass is 16.7. The predicted molar refractivity (Wildman–Crippen MR) is 91.6 cm³/mol. The first kappa shape index (κ1) is 16.6. The van der Waals surface area contributed by atoms with Gasteiger partial charge in [-0.15, -0.1) is 0 Å². The quantitative estimate of drug-likeness (QED) is 0.788. The Morgan fingerprint density at radius 3 is 2.72 bits per heavy atom. The fraction of sp³-hybridized carbons (Fsp3) is 0.611. The molecule has 0 aromatic heterocycles. The molecular weight excluding hydrogens is 322 g/mol. The predicted octanol–water partition coefficient (Wildman–Crippen LogP) is 0.389. The number of fused-ring (bicyclic) bond motifs is 1. The first-order valence-corrected chi connectivity index (χ1v) is 8.62. The third kappa shape index (κ3) is 3.07. The van der Waals surface area contributed by atoms with Crippen LogP contribution in [0, 0.1) is 0 Å². The van der Waals surface area contributed by atoms with Crippen molar-refractivity contribution >= 4 is 5.91 Å². The second kappa shape index (κ2) is 6.16. The molecule has 0 aliphatic carbocycles. The van der Waals surface area contributed by atoms with Crippen LogP contribution in [0.3, 0.4) is 0 Å². The molecule has 1 amide bonds. The van der Waals surface area contributed by atoms with Gasteiger partial charge < -0.3 is 19.1 Å². The second-order valence-electron chi connectivity index (χ2n) is 7.49. The van der Waals surface area contributed by atoms with Gasteiger partial charge >= 0.3 is 0 Å². The molecule has 4 rings (SSSR count). The maximum atomic E-state index is 12.2. The number of morpholine rings is 1. The van der Waals surface area contributed by atoms with E-state index in [0.717, 1.165) is 37.7 Å². The fourth-order valence-corrected chi connectivity index (χ4v) is 3.92. The molecule has 3 aliphatic rings. The first-order valence-electron chi connectivity index (χ1n) is 8.62. The summed E-state index contributed by atoms with van der Waals surface area (Å²) in [7, 11) is 5.59. The average molecular weight is 347 g/mol. The Kier molecular flexibility index (Phi) is 4.10. The van der Waals surface area contributed by atoms with Crippen molar-refractivity contribution in [3.8, 4) is 11.5 Å². The zero-order valence-electron chi connectivity index (χ0n) is 15.0. The molecule has 136 valence electrons. The van der Waals surface area contributed by atoms with Crippen LogP contribution >= 0.6 is 0 Å². The summed E-state index contributed by atoms with van der Waals surface area (Å²) in [6, 6.07) is 5.92. The fourth-order valence-electron chi connectivity index (χ4n) is 3.92. The minimum Gasteiger partial charge on any atom is -0.454 e. The zero-order chi connectivity index (χ0) is 17.6. The summed E-state index contributed by atoms with van der Waals surface area (Å²) in [6.45, 7) is 4.19. The normalized spacial score (nSPS) is 25.0. The molecule has 2 fully saturated rings. The molecule has 7 heteroatoms. The standard InChI is InChI=1S/C18H25N3O4/c1-19(2)17(22)14-8-25-18(9-20(14)3)10-21(11-18)7-13-4-5-15-16(6-13)24-12-23-15/h4-6,14H,7-12H2,1-3H3. The Hall–Kier alpha value is -1.83. The number of hydrogen-bond acceptors (Lipinski definition) is 6. The first-order chi connectivity index (χ1) is 12.0. The number of ether oxygens (including phenoxy) is 3. The molecule has 0 bridgehead atoms. The third-order valence-electron chi connectivity index (χ3n) is 5.21. The molecule has 2 saturated heterocycles. The van der Waals surface area contributed by atoms with Gasteiger partial charge in [-0.05, 0) is 24.7 Å². The molecule has 3 heterocycles. The lowest BCUT2D eigenvalue weighted by atomic mass is 9.90. The van der Waals surface area contributed by atoms with Crippen molar-refractivity contribution in [1.82, 2.24) is 14.7 Å². The lowest BCUT2D eigenvalue weighted by Gasteiger charge is -2.55. The summed E-state index contributed by atoms with van der Waals surface area (Å²) in [4.78, 5) is 18.3. The van der Waals surface area contributed by atoms with Crippen molar-refractivity contribution in [3.05, 3.63) is 23.8 Å². The number of carbonyl (C=O) groups is 1. The molecule has 1 spiro atoms. The van der Waals surface area contributed by atoms with Crippen LogP contribution in [-0.4, -0.2) is 86.4 Å². The third-order valence-corrected chi connectivity index (χ3v) is 5.21. The van der Waals surface area contributed by atoms with Crippen LogP contribution in [0.5, 0.6) is 11.5 Å². The molecule has 3 aliphatic heterocycles. The summed E-state index contributed by atoms with van der Waals surface area (Å²) in [5.41, 5.74) is 1.07. The highest BCUT2D eigenvalue weighted by molar-refractivity contribution is 5.81. The Morgan fingerprint density at radius 1 is 1.24 bits per heavy atom. The number of carbonyl (C=O) groups excluding carboxylic acids is 1. The Balaban J connectivity index is 1.32. The highest BCUT2D eigenvalue weighted by Crippen LogP contribution is 2.35. The Morgan fingerprint density at radius 2 is 2.00 bits per heavy atom. The van der Waals surface area contributed by atoms with Crippen molar-refractivity contribution in [2.75, 3.05) is 54.2 Å². The van der Waals surface area contributed by atoms with Crippen LogP contribution < -0.4 is 9.47 Å². The molecule has 1 atom stereocenters. The largest absolute Gasteiger partial charge is 0.454 e. The van der Waals surface area contributed by atoms with Gasteiger partial charge in [-0.25, -0.2) is 0 Å². The minimum absolute atomic E-state index is 0.105. The molecule has 25 heavy (non-hydrogen) atoms. The van der Waals surface area contributed by atoms with E-state index < -0.39 is 0 Å². The summed E-state index contributed by atoms with van der Waals surface area (Å²) in [5, 5.41) is 0. The maximum absolute atomic E-state index is 12.2. The van der Waals surface area contributed by atoms with E-state index in [1.807, 2.05) is 19.2 Å². The van der Waals surface area contributed by atoms with Gasteiger partial charge in [-0.2, -0.15) is 0 Å². The Labute approximate surface area is 148 Å². The van der Waals surface area contributed by atoms with Crippen LogP contribution in [0.2, 0.25) is 0 Å². The summed E-state index contributed by atoms with van der Waals surface area (Å²) < 4.78 is 16.9. The molecule has 7 nitrogen and oxygen atoms in total. The van der Waals surface area contributed by atoms with E-state index in [0.29, 0.717) is 13.4 Å². The lowest BCUT2D eigenvalue weighted by molar-refractivity contribution is -0.200. The van der Waals surface area contributed by atoms with E-state index in [9.17, 15) is 4.79 Å². The van der Waals surface area contributed by atoms with Crippen molar-refractivity contribution in [2.24, 2.45) is 0 Å². The van der Waals surface area contributed by atoms with E-state index >= 15 is 0 Å². The van der Waals surface area contributed by atoms with E-state index in [-0.39, 0.29) is 17.6 Å². The van der Waals surface area contributed by atoms with Crippen LogP contribution in [0.25, 0.3) is 0 Å². The number of rotatable bonds is 3. The monoisotopic (exact) mass is 347 g/mol. The minimum atomic E-state index is -0.177. The molecule has 0 radical (unpaired) electrons. The number of likely N-dealkylation sites (N-methyl/N-ethyl adjacent to an activating group) is 2. The van der Waals surface area contributed by atoms with Gasteiger partial charge in [-0.3, -0.25) is 14.6 Å². The molecule has 0 saturated carbocycles. The van der Waals surface area contributed by atoms with Crippen LogP contribution in [-0.2, 0) is 16.1 Å². The van der Waals surface area contributed by atoms with Gasteiger partial charge in [0.2, 0.25) is 12.7 Å². The number of benzene rings is 1.